The lowest BCUT2D eigenvalue weighted by molar-refractivity contribution is -0.145. The largest absolute Gasteiger partial charge is 0.469 e. The van der Waals surface area contributed by atoms with Crippen LogP contribution in [-0.2, 0) is 24.3 Å². The van der Waals surface area contributed by atoms with Crippen molar-refractivity contribution in [2.75, 3.05) is 33.3 Å². The van der Waals surface area contributed by atoms with Crippen molar-refractivity contribution < 1.29 is 27.5 Å². The van der Waals surface area contributed by atoms with Gasteiger partial charge in [0.2, 0.25) is 10.0 Å². The number of methoxy groups -OCH3 is 1. The van der Waals surface area contributed by atoms with Gasteiger partial charge in [-0.2, -0.15) is 4.31 Å². The van der Waals surface area contributed by atoms with Gasteiger partial charge < -0.3 is 14.4 Å². The summed E-state index contributed by atoms with van der Waals surface area (Å²) in [6.45, 7) is 8.26. The molecule has 0 aliphatic carbocycles. The number of ether oxygens (including phenoxy) is 2. The molecule has 0 N–H and O–H groups in total. The fourth-order valence-corrected chi connectivity index (χ4v) is 5.05. The summed E-state index contributed by atoms with van der Waals surface area (Å²) in [4.78, 5) is 26.2. The molecule has 0 aromatic heterocycles. The van der Waals surface area contributed by atoms with E-state index in [0.29, 0.717) is 6.54 Å². The molecule has 1 fully saturated rings. The minimum Gasteiger partial charge on any atom is -0.469 e. The van der Waals surface area contributed by atoms with Crippen molar-refractivity contribution >= 4 is 21.9 Å². The maximum atomic E-state index is 13.1. The Kier molecular flexibility index (Phi) is 7.79. The molecule has 162 valence electrons. The molecule has 1 aliphatic heterocycles. The number of rotatable bonds is 7. The Bertz CT molecular complexity index is 831. The van der Waals surface area contributed by atoms with Crippen LogP contribution in [0, 0.1) is 5.92 Å². The minimum atomic E-state index is -3.75. The van der Waals surface area contributed by atoms with E-state index in [1.165, 1.54) is 28.4 Å². The first kappa shape index (κ1) is 23.3. The summed E-state index contributed by atoms with van der Waals surface area (Å²) in [5, 5.41) is 0. The molecule has 1 amide bonds. The van der Waals surface area contributed by atoms with Crippen molar-refractivity contribution in [2.45, 2.75) is 44.8 Å². The van der Waals surface area contributed by atoms with Crippen LogP contribution in [0.15, 0.2) is 29.2 Å². The van der Waals surface area contributed by atoms with Crippen molar-refractivity contribution in [3.05, 3.63) is 29.8 Å². The van der Waals surface area contributed by atoms with Gasteiger partial charge in [0.1, 0.15) is 0 Å². The van der Waals surface area contributed by atoms with Crippen LogP contribution in [0.2, 0.25) is 0 Å². The smallest absolute Gasteiger partial charge is 0.310 e. The topological polar surface area (TPSA) is 93.2 Å². The molecule has 1 aromatic rings. The highest BCUT2D eigenvalue weighted by Gasteiger charge is 2.32. The van der Waals surface area contributed by atoms with Crippen LogP contribution >= 0.6 is 0 Å². The molecule has 1 heterocycles. The van der Waals surface area contributed by atoms with Crippen LogP contribution < -0.4 is 0 Å². The summed E-state index contributed by atoms with van der Waals surface area (Å²) in [5.74, 6) is -1.21. The first-order valence-electron chi connectivity index (χ1n) is 9.72. The van der Waals surface area contributed by atoms with Gasteiger partial charge >= 0.3 is 5.97 Å². The van der Waals surface area contributed by atoms with Crippen molar-refractivity contribution in [3.8, 4) is 0 Å². The summed E-state index contributed by atoms with van der Waals surface area (Å²) in [5.41, 5.74) is 0.263. The highest BCUT2D eigenvalue weighted by atomic mass is 32.2. The van der Waals surface area contributed by atoms with Crippen LogP contribution in [0.3, 0.4) is 0 Å². The van der Waals surface area contributed by atoms with Crippen molar-refractivity contribution in [3.63, 3.8) is 0 Å². The molecule has 3 unspecified atom stereocenters. The van der Waals surface area contributed by atoms with Gasteiger partial charge in [-0.05, 0) is 39.0 Å². The monoisotopic (exact) mass is 426 g/mol. The van der Waals surface area contributed by atoms with Gasteiger partial charge in [-0.15, -0.1) is 0 Å². The van der Waals surface area contributed by atoms with Gasteiger partial charge in [-0.3, -0.25) is 9.59 Å². The highest BCUT2D eigenvalue weighted by Crippen LogP contribution is 2.22. The molecule has 1 saturated heterocycles. The normalized spacial score (nSPS) is 21.4. The molecule has 2 rings (SSSR count). The van der Waals surface area contributed by atoms with E-state index in [1.807, 2.05) is 13.8 Å². The SMILES string of the molecule is CCN(CC(C)C(=O)OC)C(=O)c1cccc(S(=O)(=O)N2CC(C)OC(C)C2)c1. The number of sulfonamides is 1. The van der Waals surface area contributed by atoms with Gasteiger partial charge in [-0.25, -0.2) is 8.42 Å². The van der Waals surface area contributed by atoms with E-state index in [0.717, 1.165) is 0 Å². The molecule has 9 heteroatoms. The average molecular weight is 427 g/mol. The molecular formula is C20H30N2O6S. The molecule has 0 saturated carbocycles. The fourth-order valence-electron chi connectivity index (χ4n) is 3.41. The first-order chi connectivity index (χ1) is 13.6. The zero-order valence-corrected chi connectivity index (χ0v) is 18.4. The predicted octanol–water partition coefficient (Wildman–Crippen LogP) is 1.76. The van der Waals surface area contributed by atoms with E-state index in [4.69, 9.17) is 9.47 Å². The summed E-state index contributed by atoms with van der Waals surface area (Å²) >= 11 is 0. The summed E-state index contributed by atoms with van der Waals surface area (Å²) in [6, 6.07) is 6.03. The van der Waals surface area contributed by atoms with E-state index >= 15 is 0 Å². The molecule has 0 bridgehead atoms. The number of amides is 1. The number of hydrogen-bond donors (Lipinski definition) is 0. The number of carbonyl (C=O) groups excluding carboxylic acids is 2. The van der Waals surface area contributed by atoms with Crippen LogP contribution in [0.5, 0.6) is 0 Å². The van der Waals surface area contributed by atoms with Gasteiger partial charge in [0.05, 0.1) is 30.1 Å². The third-order valence-corrected chi connectivity index (χ3v) is 6.70. The lowest BCUT2D eigenvalue weighted by Gasteiger charge is -2.34. The Balaban J connectivity index is 2.25. The average Bonchev–Trinajstić information content (AvgIpc) is 2.70. The van der Waals surface area contributed by atoms with Crippen LogP contribution in [-0.4, -0.2) is 75.0 Å². The van der Waals surface area contributed by atoms with Crippen molar-refractivity contribution in [1.82, 2.24) is 9.21 Å². The minimum absolute atomic E-state index is 0.0710. The molecule has 0 spiro atoms. The quantitative estimate of drug-likeness (QED) is 0.617. The second kappa shape index (κ2) is 9.69. The zero-order valence-electron chi connectivity index (χ0n) is 17.6. The Hall–Kier alpha value is -1.97. The van der Waals surface area contributed by atoms with E-state index in [2.05, 4.69) is 0 Å². The molecule has 3 atom stereocenters. The third kappa shape index (κ3) is 5.55. The van der Waals surface area contributed by atoms with E-state index in [-0.39, 0.29) is 48.2 Å². The molecule has 0 radical (unpaired) electrons. The van der Waals surface area contributed by atoms with Gasteiger partial charge in [0.25, 0.3) is 5.91 Å². The highest BCUT2D eigenvalue weighted by molar-refractivity contribution is 7.89. The number of nitrogens with zero attached hydrogens (tertiary/aromatic N) is 2. The Morgan fingerprint density at radius 3 is 2.45 bits per heavy atom. The maximum Gasteiger partial charge on any atom is 0.310 e. The predicted molar refractivity (Wildman–Crippen MR) is 108 cm³/mol. The van der Waals surface area contributed by atoms with E-state index < -0.39 is 21.9 Å². The second-order valence-electron chi connectivity index (χ2n) is 7.38. The number of hydrogen-bond acceptors (Lipinski definition) is 6. The molecule has 1 aliphatic rings. The molecule has 1 aromatic carbocycles. The van der Waals surface area contributed by atoms with E-state index in [1.54, 1.807) is 26.0 Å². The number of morpholine rings is 1. The number of esters is 1. The Morgan fingerprint density at radius 1 is 1.28 bits per heavy atom. The summed E-state index contributed by atoms with van der Waals surface area (Å²) in [6.07, 6.45) is -0.400. The van der Waals surface area contributed by atoms with Crippen molar-refractivity contribution in [2.24, 2.45) is 5.92 Å². The summed E-state index contributed by atoms with van der Waals surface area (Å²) < 4.78 is 37.9. The Labute approximate surface area is 172 Å². The standard InChI is InChI=1S/C20H30N2O6S/c1-6-21(11-14(2)20(24)27-5)19(23)17-8-7-9-18(10-17)29(25,26)22-12-15(3)28-16(4)13-22/h7-10,14-16H,6,11-13H2,1-5H3. The van der Waals surface area contributed by atoms with E-state index in [9.17, 15) is 18.0 Å². The van der Waals surface area contributed by atoms with Gasteiger partial charge in [0.15, 0.2) is 0 Å². The van der Waals surface area contributed by atoms with Gasteiger partial charge in [0, 0.05) is 31.7 Å². The number of carbonyl (C=O) groups is 2. The van der Waals surface area contributed by atoms with Crippen LogP contribution in [0.25, 0.3) is 0 Å². The third-order valence-electron chi connectivity index (χ3n) is 4.87. The van der Waals surface area contributed by atoms with Crippen LogP contribution in [0.1, 0.15) is 38.1 Å². The summed E-state index contributed by atoms with van der Waals surface area (Å²) in [7, 11) is -2.44. The fraction of sp³-hybridized carbons (Fsp3) is 0.600. The first-order valence-corrected chi connectivity index (χ1v) is 11.2. The van der Waals surface area contributed by atoms with Crippen LogP contribution in [0.4, 0.5) is 0 Å². The maximum absolute atomic E-state index is 13.1. The molecule has 29 heavy (non-hydrogen) atoms. The zero-order chi connectivity index (χ0) is 21.8. The Morgan fingerprint density at radius 2 is 1.90 bits per heavy atom. The lowest BCUT2D eigenvalue weighted by Crippen LogP contribution is -2.48. The lowest BCUT2D eigenvalue weighted by atomic mass is 10.1. The van der Waals surface area contributed by atoms with Gasteiger partial charge in [-0.1, -0.05) is 13.0 Å². The van der Waals surface area contributed by atoms with Crippen molar-refractivity contribution in [1.29, 1.82) is 0 Å². The second-order valence-corrected chi connectivity index (χ2v) is 9.31. The number of benzene rings is 1. The molecule has 8 nitrogen and oxygen atoms in total. The molecular weight excluding hydrogens is 396 g/mol.